The second-order valence-corrected chi connectivity index (χ2v) is 7.03. The smallest absolute Gasteiger partial charge is 0.271 e. The number of nitrogens with one attached hydrogen (secondary N) is 1. The zero-order valence-electron chi connectivity index (χ0n) is 10.4. The molecule has 0 bridgehead atoms. The van der Waals surface area contributed by atoms with Crippen LogP contribution in [0.15, 0.2) is 34.5 Å². The van der Waals surface area contributed by atoms with Gasteiger partial charge < -0.3 is 5.73 Å². The fraction of sp³-hybridized carbons (Fsp3) is 0.0909. The molecule has 3 N–H and O–H groups in total. The lowest BCUT2D eigenvalue weighted by molar-refractivity contribution is -0.384. The van der Waals surface area contributed by atoms with Crippen molar-refractivity contribution in [2.45, 2.75) is 10.8 Å². The first-order valence-corrected chi connectivity index (χ1v) is 7.89. The Bertz CT molecular complexity index is 789. The van der Waals surface area contributed by atoms with Crippen molar-refractivity contribution >= 4 is 32.7 Å². The van der Waals surface area contributed by atoms with E-state index >= 15 is 0 Å². The summed E-state index contributed by atoms with van der Waals surface area (Å²) in [4.78, 5) is 10.5. The molecule has 0 aliphatic rings. The second-order valence-electron chi connectivity index (χ2n) is 3.95. The number of nitrogens with zero attached hydrogens (tertiary/aromatic N) is 1. The topological polar surface area (TPSA) is 115 Å². The Labute approximate surface area is 123 Å². The minimum Gasteiger partial charge on any atom is -0.326 e. The van der Waals surface area contributed by atoms with Crippen molar-refractivity contribution in [3.63, 3.8) is 0 Å². The molecule has 7 nitrogen and oxygen atoms in total. The van der Waals surface area contributed by atoms with Crippen molar-refractivity contribution in [3.8, 4) is 0 Å². The molecule has 0 saturated carbocycles. The number of rotatable bonds is 5. The molecule has 1 aromatic carbocycles. The number of halogens is 1. The lowest BCUT2D eigenvalue weighted by Gasteiger charge is -2.07. The highest BCUT2D eigenvalue weighted by Crippen LogP contribution is 2.27. The SMILES string of the molecule is NCc1ccc(S(=O)(=O)Nc2cc([N+](=O)[O-])ccc2F)s1. The highest BCUT2D eigenvalue weighted by molar-refractivity contribution is 7.94. The summed E-state index contributed by atoms with van der Waals surface area (Å²) in [6.45, 7) is 0.186. The Hall–Kier alpha value is -2.04. The van der Waals surface area contributed by atoms with Gasteiger partial charge in [0.15, 0.2) is 0 Å². The average Bonchev–Trinajstić information content (AvgIpc) is 2.90. The third-order valence-electron chi connectivity index (χ3n) is 2.51. The van der Waals surface area contributed by atoms with Crippen LogP contribution in [0, 0.1) is 15.9 Å². The molecule has 2 aromatic rings. The van der Waals surface area contributed by atoms with E-state index in [2.05, 4.69) is 0 Å². The van der Waals surface area contributed by atoms with Crippen LogP contribution in [0.25, 0.3) is 0 Å². The highest BCUT2D eigenvalue weighted by Gasteiger charge is 2.20. The molecular weight excluding hydrogens is 321 g/mol. The molecule has 0 spiro atoms. The fourth-order valence-electron chi connectivity index (χ4n) is 1.51. The van der Waals surface area contributed by atoms with Crippen molar-refractivity contribution < 1.29 is 17.7 Å². The first kappa shape index (κ1) is 15.4. The van der Waals surface area contributed by atoms with Gasteiger partial charge in [-0.3, -0.25) is 14.8 Å². The third-order valence-corrected chi connectivity index (χ3v) is 5.47. The van der Waals surface area contributed by atoms with Gasteiger partial charge in [-0.25, -0.2) is 12.8 Å². The van der Waals surface area contributed by atoms with Crippen molar-refractivity contribution in [2.24, 2.45) is 5.73 Å². The van der Waals surface area contributed by atoms with E-state index in [0.29, 0.717) is 4.88 Å². The summed E-state index contributed by atoms with van der Waals surface area (Å²) in [5.41, 5.74) is 4.50. The maximum absolute atomic E-state index is 13.6. The third kappa shape index (κ3) is 3.35. The van der Waals surface area contributed by atoms with Crippen LogP contribution in [-0.4, -0.2) is 13.3 Å². The Morgan fingerprint density at radius 2 is 2.05 bits per heavy atom. The predicted octanol–water partition coefficient (Wildman–Crippen LogP) is 2.05. The van der Waals surface area contributed by atoms with E-state index in [1.165, 1.54) is 6.07 Å². The fourth-order valence-corrected chi connectivity index (χ4v) is 3.81. The van der Waals surface area contributed by atoms with Crippen LogP contribution in [0.4, 0.5) is 15.8 Å². The van der Waals surface area contributed by atoms with E-state index in [0.717, 1.165) is 29.5 Å². The molecule has 2 rings (SSSR count). The molecular formula is C11H10FN3O4S2. The molecule has 1 heterocycles. The molecule has 0 saturated heterocycles. The number of anilines is 1. The van der Waals surface area contributed by atoms with Crippen LogP contribution >= 0.6 is 11.3 Å². The number of nitro groups is 1. The summed E-state index contributed by atoms with van der Waals surface area (Å²) in [6, 6.07) is 5.48. The molecule has 0 radical (unpaired) electrons. The van der Waals surface area contributed by atoms with Crippen LogP contribution in [0.3, 0.4) is 0 Å². The normalized spacial score (nSPS) is 11.3. The summed E-state index contributed by atoms with van der Waals surface area (Å²) in [5, 5.41) is 10.6. The zero-order valence-corrected chi connectivity index (χ0v) is 12.1. The van der Waals surface area contributed by atoms with Gasteiger partial charge in [0.25, 0.3) is 15.7 Å². The van der Waals surface area contributed by atoms with Gasteiger partial charge in [0, 0.05) is 23.6 Å². The standard InChI is InChI=1S/C11H10FN3O4S2/c12-9-3-1-7(15(16)17)5-10(9)14-21(18,19)11-4-2-8(6-13)20-11/h1-5,14H,6,13H2. The highest BCUT2D eigenvalue weighted by atomic mass is 32.2. The Kier molecular flexibility index (Phi) is 4.21. The number of non-ortho nitro benzene ring substituents is 1. The maximum Gasteiger partial charge on any atom is 0.271 e. The molecule has 112 valence electrons. The monoisotopic (exact) mass is 331 g/mol. The molecule has 21 heavy (non-hydrogen) atoms. The van der Waals surface area contributed by atoms with Crippen molar-refractivity contribution in [1.29, 1.82) is 0 Å². The van der Waals surface area contributed by atoms with E-state index in [1.54, 1.807) is 6.07 Å². The van der Waals surface area contributed by atoms with Crippen LogP contribution in [0.2, 0.25) is 0 Å². The van der Waals surface area contributed by atoms with Crippen LogP contribution in [0.5, 0.6) is 0 Å². The van der Waals surface area contributed by atoms with Crippen molar-refractivity contribution in [3.05, 3.63) is 51.1 Å². The molecule has 0 fully saturated rings. The summed E-state index contributed by atoms with van der Waals surface area (Å²) >= 11 is 0.944. The molecule has 1 aromatic heterocycles. The van der Waals surface area contributed by atoms with E-state index in [1.807, 2.05) is 4.72 Å². The summed E-state index contributed by atoms with van der Waals surface area (Å²) in [6.07, 6.45) is 0. The van der Waals surface area contributed by atoms with Crippen molar-refractivity contribution in [2.75, 3.05) is 4.72 Å². The lowest BCUT2D eigenvalue weighted by Crippen LogP contribution is -2.12. The van der Waals surface area contributed by atoms with Gasteiger partial charge in [0.05, 0.1) is 10.6 Å². The number of hydrogen-bond donors (Lipinski definition) is 2. The minimum atomic E-state index is -4.02. The number of hydrogen-bond acceptors (Lipinski definition) is 6. The van der Waals surface area contributed by atoms with Gasteiger partial charge in [0.2, 0.25) is 0 Å². The Morgan fingerprint density at radius 1 is 1.33 bits per heavy atom. The first-order chi connectivity index (χ1) is 9.83. The van der Waals surface area contributed by atoms with E-state index in [9.17, 15) is 22.9 Å². The van der Waals surface area contributed by atoms with Gasteiger partial charge >= 0.3 is 0 Å². The molecule has 0 aliphatic heterocycles. The molecule has 0 unspecified atom stereocenters. The van der Waals surface area contributed by atoms with E-state index in [-0.39, 0.29) is 10.8 Å². The summed E-state index contributed by atoms with van der Waals surface area (Å²) in [5.74, 6) is -0.903. The second kappa shape index (κ2) is 5.76. The van der Waals surface area contributed by atoms with Gasteiger partial charge in [-0.15, -0.1) is 11.3 Å². The van der Waals surface area contributed by atoms with E-state index < -0.39 is 32.1 Å². The molecule has 10 heteroatoms. The maximum atomic E-state index is 13.6. The minimum absolute atomic E-state index is 0.0474. The van der Waals surface area contributed by atoms with E-state index in [4.69, 9.17) is 5.73 Å². The average molecular weight is 331 g/mol. The van der Waals surface area contributed by atoms with Crippen LogP contribution < -0.4 is 10.5 Å². The number of sulfonamides is 1. The number of benzene rings is 1. The van der Waals surface area contributed by atoms with Gasteiger partial charge in [-0.2, -0.15) is 0 Å². The largest absolute Gasteiger partial charge is 0.326 e. The molecule has 0 atom stereocenters. The lowest BCUT2D eigenvalue weighted by atomic mass is 10.3. The number of nitro benzene ring substituents is 1. The molecule has 0 amide bonds. The van der Waals surface area contributed by atoms with Crippen molar-refractivity contribution in [1.82, 2.24) is 0 Å². The number of thiophene rings is 1. The van der Waals surface area contributed by atoms with Crippen LogP contribution in [-0.2, 0) is 16.6 Å². The Morgan fingerprint density at radius 3 is 2.62 bits per heavy atom. The van der Waals surface area contributed by atoms with Gasteiger partial charge in [0.1, 0.15) is 10.0 Å². The van der Waals surface area contributed by atoms with Crippen LogP contribution in [0.1, 0.15) is 4.88 Å². The summed E-state index contributed by atoms with van der Waals surface area (Å²) < 4.78 is 39.7. The Balaban J connectivity index is 2.36. The quantitative estimate of drug-likeness (QED) is 0.642. The summed E-state index contributed by atoms with van der Waals surface area (Å²) in [7, 11) is -4.02. The zero-order chi connectivity index (χ0) is 15.6. The number of nitrogens with two attached hydrogens (primary N) is 1. The van der Waals surface area contributed by atoms with Gasteiger partial charge in [-0.1, -0.05) is 0 Å². The van der Waals surface area contributed by atoms with Gasteiger partial charge in [-0.05, 0) is 18.2 Å². The first-order valence-electron chi connectivity index (χ1n) is 5.59. The predicted molar refractivity (Wildman–Crippen MR) is 76.1 cm³/mol. The molecule has 0 aliphatic carbocycles.